The largest absolute Gasteiger partial charge is 0.466 e. The molecule has 1 atom stereocenters. The average molecular weight is 258 g/mol. The third-order valence-corrected chi connectivity index (χ3v) is 1.73. The molecular weight excluding hydrogens is 240 g/mol. The van der Waals surface area contributed by atoms with Gasteiger partial charge in [-0.3, -0.25) is 9.59 Å². The minimum atomic E-state index is -0.716. The van der Waals surface area contributed by atoms with E-state index in [9.17, 15) is 14.4 Å². The summed E-state index contributed by atoms with van der Waals surface area (Å²) in [6, 6.07) is 0. The summed E-state index contributed by atoms with van der Waals surface area (Å²) < 4.78 is 14.2. The van der Waals surface area contributed by atoms with Crippen LogP contribution in [0, 0.1) is 0 Å². The van der Waals surface area contributed by atoms with Crippen molar-refractivity contribution in [3.05, 3.63) is 12.2 Å². The molecule has 0 aromatic heterocycles. The summed E-state index contributed by atoms with van der Waals surface area (Å²) in [6.07, 6.45) is -1.05. The van der Waals surface area contributed by atoms with Gasteiger partial charge in [0.15, 0.2) is 0 Å². The molecule has 0 aliphatic rings. The molecule has 0 N–H and O–H groups in total. The number of esters is 3. The van der Waals surface area contributed by atoms with Crippen molar-refractivity contribution < 1.29 is 28.6 Å². The van der Waals surface area contributed by atoms with Gasteiger partial charge in [-0.05, 0) is 20.8 Å². The highest BCUT2D eigenvalue weighted by Gasteiger charge is 2.15. The van der Waals surface area contributed by atoms with Crippen LogP contribution >= 0.6 is 0 Å². The van der Waals surface area contributed by atoms with Gasteiger partial charge in [0.1, 0.15) is 19.1 Å². The molecule has 0 aliphatic heterocycles. The topological polar surface area (TPSA) is 78.9 Å². The Bertz CT molecular complexity index is 333. The Morgan fingerprint density at radius 2 is 1.72 bits per heavy atom. The van der Waals surface area contributed by atoms with E-state index in [1.807, 2.05) is 0 Å². The number of hydrogen-bond donors (Lipinski definition) is 0. The van der Waals surface area contributed by atoms with E-state index in [2.05, 4.69) is 11.3 Å². The first-order valence-corrected chi connectivity index (χ1v) is 5.54. The standard InChI is InChI=1S/C12H18O6/c1-5-16-10(13)6-11(14)17-7-9(4)18-12(15)8(2)3/h9H,2,5-7H2,1,3-4H3. The van der Waals surface area contributed by atoms with Crippen LogP contribution in [-0.2, 0) is 28.6 Å². The van der Waals surface area contributed by atoms with Crippen molar-refractivity contribution in [1.29, 1.82) is 0 Å². The fourth-order valence-corrected chi connectivity index (χ4v) is 0.909. The lowest BCUT2D eigenvalue weighted by Gasteiger charge is -2.13. The smallest absolute Gasteiger partial charge is 0.333 e. The third-order valence-electron chi connectivity index (χ3n) is 1.73. The molecule has 1 unspecified atom stereocenters. The van der Waals surface area contributed by atoms with Crippen molar-refractivity contribution in [2.24, 2.45) is 0 Å². The molecule has 102 valence electrons. The van der Waals surface area contributed by atoms with Crippen LogP contribution in [0.5, 0.6) is 0 Å². The Hall–Kier alpha value is -1.85. The zero-order chi connectivity index (χ0) is 14.1. The molecule has 0 aromatic carbocycles. The van der Waals surface area contributed by atoms with E-state index >= 15 is 0 Å². The first-order valence-electron chi connectivity index (χ1n) is 5.54. The van der Waals surface area contributed by atoms with Gasteiger partial charge in [-0.1, -0.05) is 6.58 Å². The van der Waals surface area contributed by atoms with Crippen molar-refractivity contribution in [3.8, 4) is 0 Å². The van der Waals surface area contributed by atoms with E-state index in [-0.39, 0.29) is 18.8 Å². The lowest BCUT2D eigenvalue weighted by molar-refractivity contribution is -0.160. The van der Waals surface area contributed by atoms with Gasteiger partial charge < -0.3 is 14.2 Å². The first kappa shape index (κ1) is 16.1. The highest BCUT2D eigenvalue weighted by atomic mass is 16.6. The van der Waals surface area contributed by atoms with E-state index < -0.39 is 30.4 Å². The molecule has 6 nitrogen and oxygen atoms in total. The molecule has 0 radical (unpaired) electrons. The van der Waals surface area contributed by atoms with Crippen molar-refractivity contribution in [2.75, 3.05) is 13.2 Å². The second-order valence-corrected chi connectivity index (χ2v) is 3.66. The molecule has 0 saturated carbocycles. The number of rotatable bonds is 7. The summed E-state index contributed by atoms with van der Waals surface area (Å²) in [7, 11) is 0. The Labute approximate surface area is 106 Å². The van der Waals surface area contributed by atoms with Gasteiger partial charge in [0.05, 0.1) is 6.61 Å². The van der Waals surface area contributed by atoms with Crippen molar-refractivity contribution >= 4 is 17.9 Å². The monoisotopic (exact) mass is 258 g/mol. The summed E-state index contributed by atoms with van der Waals surface area (Å²) in [6.45, 7) is 8.24. The number of carbonyl (C=O) groups excluding carboxylic acids is 3. The molecule has 6 heteroatoms. The average Bonchev–Trinajstić information content (AvgIpc) is 2.26. The Morgan fingerprint density at radius 1 is 1.17 bits per heavy atom. The van der Waals surface area contributed by atoms with Gasteiger partial charge in [0.25, 0.3) is 0 Å². The zero-order valence-corrected chi connectivity index (χ0v) is 10.9. The summed E-state index contributed by atoms with van der Waals surface area (Å²) in [5, 5.41) is 0. The maximum absolute atomic E-state index is 11.2. The van der Waals surface area contributed by atoms with Crippen molar-refractivity contribution in [2.45, 2.75) is 33.3 Å². The van der Waals surface area contributed by atoms with E-state index in [0.717, 1.165) is 0 Å². The highest BCUT2D eigenvalue weighted by molar-refractivity contribution is 5.91. The number of hydrogen-bond acceptors (Lipinski definition) is 6. The van der Waals surface area contributed by atoms with Crippen LogP contribution in [0.3, 0.4) is 0 Å². The Morgan fingerprint density at radius 3 is 2.22 bits per heavy atom. The second-order valence-electron chi connectivity index (χ2n) is 3.66. The maximum Gasteiger partial charge on any atom is 0.333 e. The predicted molar refractivity (Wildman–Crippen MR) is 62.6 cm³/mol. The lowest BCUT2D eigenvalue weighted by atomic mass is 10.3. The normalized spacial score (nSPS) is 11.3. The van der Waals surface area contributed by atoms with Gasteiger partial charge in [0, 0.05) is 5.57 Å². The summed E-state index contributed by atoms with van der Waals surface area (Å²) >= 11 is 0. The molecule has 0 amide bonds. The Kier molecular flexibility index (Phi) is 7.42. The fraction of sp³-hybridized carbons (Fsp3) is 0.583. The van der Waals surface area contributed by atoms with Crippen molar-refractivity contribution in [1.82, 2.24) is 0 Å². The molecule has 0 fully saturated rings. The molecule has 0 aromatic rings. The molecular formula is C12H18O6. The fourth-order valence-electron chi connectivity index (χ4n) is 0.909. The van der Waals surface area contributed by atoms with Gasteiger partial charge in [0.2, 0.25) is 0 Å². The summed E-state index contributed by atoms with van der Waals surface area (Å²) in [5.74, 6) is -1.91. The highest BCUT2D eigenvalue weighted by Crippen LogP contribution is 2.00. The van der Waals surface area contributed by atoms with Gasteiger partial charge >= 0.3 is 17.9 Å². The van der Waals surface area contributed by atoms with Gasteiger partial charge in [-0.25, -0.2) is 4.79 Å². The zero-order valence-electron chi connectivity index (χ0n) is 10.9. The quantitative estimate of drug-likeness (QED) is 0.293. The van der Waals surface area contributed by atoms with Gasteiger partial charge in [-0.2, -0.15) is 0 Å². The lowest BCUT2D eigenvalue weighted by Crippen LogP contribution is -2.23. The molecule has 18 heavy (non-hydrogen) atoms. The van der Waals surface area contributed by atoms with Crippen LogP contribution in [0.1, 0.15) is 27.2 Å². The SMILES string of the molecule is C=C(C)C(=O)OC(C)COC(=O)CC(=O)OCC. The van der Waals surface area contributed by atoms with E-state index in [1.54, 1.807) is 13.8 Å². The van der Waals surface area contributed by atoms with Crippen LogP contribution < -0.4 is 0 Å². The Balaban J connectivity index is 3.88. The van der Waals surface area contributed by atoms with Crippen LogP contribution in [-0.4, -0.2) is 37.2 Å². The summed E-state index contributed by atoms with van der Waals surface area (Å²) in [5.41, 5.74) is 0.264. The maximum atomic E-state index is 11.2. The van der Waals surface area contributed by atoms with Gasteiger partial charge in [-0.15, -0.1) is 0 Å². The number of carbonyl (C=O) groups is 3. The third kappa shape index (κ3) is 7.43. The van der Waals surface area contributed by atoms with Crippen molar-refractivity contribution in [3.63, 3.8) is 0 Å². The number of ether oxygens (including phenoxy) is 3. The van der Waals surface area contributed by atoms with Crippen LogP contribution in [0.25, 0.3) is 0 Å². The molecule has 0 bridgehead atoms. The predicted octanol–water partition coefficient (Wildman–Crippen LogP) is 0.991. The molecule has 0 spiro atoms. The van der Waals surface area contributed by atoms with E-state index in [4.69, 9.17) is 9.47 Å². The van der Waals surface area contributed by atoms with Crippen LogP contribution in [0.2, 0.25) is 0 Å². The minimum absolute atomic E-state index is 0.114. The van der Waals surface area contributed by atoms with Crippen LogP contribution in [0.15, 0.2) is 12.2 Å². The van der Waals surface area contributed by atoms with E-state index in [0.29, 0.717) is 0 Å². The van der Waals surface area contributed by atoms with Crippen LogP contribution in [0.4, 0.5) is 0 Å². The second kappa shape index (κ2) is 8.27. The first-order chi connectivity index (χ1) is 8.36. The summed E-state index contributed by atoms with van der Waals surface area (Å²) in [4.78, 5) is 33.2. The molecule has 0 saturated heterocycles. The van der Waals surface area contributed by atoms with E-state index in [1.165, 1.54) is 6.92 Å². The molecule has 0 aliphatic carbocycles. The molecule has 0 rings (SSSR count). The minimum Gasteiger partial charge on any atom is -0.466 e. The molecule has 0 heterocycles.